The minimum Gasteiger partial charge on any atom is -0.302 e. The highest BCUT2D eigenvalue weighted by Crippen LogP contribution is 2.15. The van der Waals surface area contributed by atoms with E-state index in [4.69, 9.17) is 0 Å². The van der Waals surface area contributed by atoms with Gasteiger partial charge < -0.3 is 4.79 Å². The highest BCUT2D eigenvalue weighted by molar-refractivity contribution is 5.60. The zero-order chi connectivity index (χ0) is 11.2. The summed E-state index contributed by atoms with van der Waals surface area (Å²) in [5.74, 6) is 5.68. The number of hydrogen-bond donors (Lipinski definition) is 1. The lowest BCUT2D eigenvalue weighted by atomic mass is 10.1. The molecule has 0 aliphatic heterocycles. The van der Waals surface area contributed by atoms with Gasteiger partial charge in [-0.1, -0.05) is 24.0 Å². The molecule has 0 amide bonds. The van der Waals surface area contributed by atoms with Crippen molar-refractivity contribution in [1.29, 1.82) is 0 Å². The van der Waals surface area contributed by atoms with Crippen LogP contribution in [-0.4, -0.2) is 16.5 Å². The standard InChI is InChI=1S/C13H10N2O/c16-10-2-1-3-11-4-6-12(7-5-11)13-8-9-14-15-13/h4-10H,2H2,(H,14,15). The summed E-state index contributed by atoms with van der Waals surface area (Å²) in [6, 6.07) is 9.70. The molecule has 1 aromatic heterocycles. The number of hydrogen-bond acceptors (Lipinski definition) is 2. The fourth-order valence-corrected chi connectivity index (χ4v) is 1.34. The number of carbonyl (C=O) groups excluding carboxylic acids is 1. The Bertz CT molecular complexity index is 515. The zero-order valence-electron chi connectivity index (χ0n) is 8.60. The van der Waals surface area contributed by atoms with Crippen LogP contribution in [-0.2, 0) is 4.79 Å². The van der Waals surface area contributed by atoms with Gasteiger partial charge in [0.2, 0.25) is 0 Å². The maximum Gasteiger partial charge on any atom is 0.131 e. The molecule has 16 heavy (non-hydrogen) atoms. The zero-order valence-corrected chi connectivity index (χ0v) is 8.60. The Balaban J connectivity index is 2.18. The van der Waals surface area contributed by atoms with E-state index < -0.39 is 0 Å². The first-order chi connectivity index (χ1) is 7.90. The molecule has 2 rings (SSSR count). The molecule has 0 saturated heterocycles. The van der Waals surface area contributed by atoms with Crippen molar-refractivity contribution in [3.63, 3.8) is 0 Å². The molecule has 0 bridgehead atoms. The quantitative estimate of drug-likeness (QED) is 0.608. The van der Waals surface area contributed by atoms with Crippen molar-refractivity contribution in [3.8, 4) is 23.1 Å². The van der Waals surface area contributed by atoms with Crippen LogP contribution in [0.5, 0.6) is 0 Å². The number of H-pyrrole nitrogens is 1. The van der Waals surface area contributed by atoms with Gasteiger partial charge in [-0.2, -0.15) is 5.10 Å². The van der Waals surface area contributed by atoms with Gasteiger partial charge in [0.15, 0.2) is 0 Å². The van der Waals surface area contributed by atoms with Gasteiger partial charge in [-0.15, -0.1) is 0 Å². The number of carbonyl (C=O) groups is 1. The molecule has 1 heterocycles. The summed E-state index contributed by atoms with van der Waals surface area (Å²) in [5.41, 5.74) is 2.95. The normalized spacial score (nSPS) is 9.25. The van der Waals surface area contributed by atoms with Crippen molar-refractivity contribution in [2.24, 2.45) is 0 Å². The highest BCUT2D eigenvalue weighted by atomic mass is 16.1. The van der Waals surface area contributed by atoms with Gasteiger partial charge in [0.25, 0.3) is 0 Å². The molecule has 1 aromatic carbocycles. The van der Waals surface area contributed by atoms with Gasteiger partial charge in [0.1, 0.15) is 6.29 Å². The lowest BCUT2D eigenvalue weighted by Gasteiger charge is -1.96. The van der Waals surface area contributed by atoms with E-state index in [2.05, 4.69) is 22.0 Å². The Morgan fingerprint density at radius 2 is 2.06 bits per heavy atom. The average Bonchev–Trinajstić information content (AvgIpc) is 2.84. The van der Waals surface area contributed by atoms with E-state index in [0.29, 0.717) is 0 Å². The van der Waals surface area contributed by atoms with Crippen LogP contribution in [0.4, 0.5) is 0 Å². The van der Waals surface area contributed by atoms with E-state index in [-0.39, 0.29) is 6.42 Å². The molecular formula is C13H10N2O. The number of nitrogens with one attached hydrogen (secondary N) is 1. The second kappa shape index (κ2) is 4.94. The van der Waals surface area contributed by atoms with E-state index in [1.54, 1.807) is 6.20 Å². The summed E-state index contributed by atoms with van der Waals surface area (Å²) < 4.78 is 0. The second-order valence-electron chi connectivity index (χ2n) is 3.22. The van der Waals surface area contributed by atoms with Crippen LogP contribution in [0.15, 0.2) is 36.5 Å². The molecular weight excluding hydrogens is 200 g/mol. The lowest BCUT2D eigenvalue weighted by molar-refractivity contribution is -0.107. The van der Waals surface area contributed by atoms with Gasteiger partial charge in [0.05, 0.1) is 12.1 Å². The van der Waals surface area contributed by atoms with Crippen LogP contribution in [0.25, 0.3) is 11.3 Å². The molecule has 3 nitrogen and oxygen atoms in total. The fraction of sp³-hybridized carbons (Fsp3) is 0.0769. The molecule has 0 spiro atoms. The number of rotatable bonds is 2. The largest absolute Gasteiger partial charge is 0.302 e. The van der Waals surface area contributed by atoms with Crippen LogP contribution >= 0.6 is 0 Å². The molecule has 78 valence electrons. The Morgan fingerprint density at radius 3 is 2.69 bits per heavy atom. The smallest absolute Gasteiger partial charge is 0.131 e. The van der Waals surface area contributed by atoms with Crippen LogP contribution in [0, 0.1) is 11.8 Å². The van der Waals surface area contributed by atoms with E-state index in [0.717, 1.165) is 23.1 Å². The Labute approximate surface area is 93.5 Å². The first-order valence-electron chi connectivity index (χ1n) is 4.92. The summed E-state index contributed by atoms with van der Waals surface area (Å²) in [7, 11) is 0. The minimum atomic E-state index is 0.280. The molecule has 0 radical (unpaired) electrons. The molecule has 3 heteroatoms. The molecule has 0 fully saturated rings. The fourth-order valence-electron chi connectivity index (χ4n) is 1.34. The van der Waals surface area contributed by atoms with Crippen LogP contribution in [0.1, 0.15) is 12.0 Å². The van der Waals surface area contributed by atoms with Gasteiger partial charge in [-0.3, -0.25) is 5.10 Å². The maximum atomic E-state index is 10.1. The number of aromatic amines is 1. The summed E-state index contributed by atoms with van der Waals surface area (Å²) >= 11 is 0. The van der Waals surface area contributed by atoms with Gasteiger partial charge >= 0.3 is 0 Å². The maximum absolute atomic E-state index is 10.1. The molecule has 0 aliphatic rings. The molecule has 0 aliphatic carbocycles. The van der Waals surface area contributed by atoms with Crippen molar-refractivity contribution in [2.75, 3.05) is 0 Å². The van der Waals surface area contributed by atoms with Crippen LogP contribution < -0.4 is 0 Å². The molecule has 0 atom stereocenters. The monoisotopic (exact) mass is 210 g/mol. The van der Waals surface area contributed by atoms with E-state index in [9.17, 15) is 4.79 Å². The summed E-state index contributed by atoms with van der Waals surface area (Å²) in [6.07, 6.45) is 2.79. The third kappa shape index (κ3) is 2.37. The average molecular weight is 210 g/mol. The highest BCUT2D eigenvalue weighted by Gasteiger charge is 1.97. The summed E-state index contributed by atoms with van der Waals surface area (Å²) in [5, 5.41) is 6.78. The Kier molecular flexibility index (Phi) is 3.15. The molecule has 1 N–H and O–H groups in total. The number of benzene rings is 1. The lowest BCUT2D eigenvalue weighted by Crippen LogP contribution is -1.79. The van der Waals surface area contributed by atoms with Gasteiger partial charge in [-0.25, -0.2) is 0 Å². The van der Waals surface area contributed by atoms with E-state index in [1.807, 2.05) is 30.3 Å². The van der Waals surface area contributed by atoms with Gasteiger partial charge in [-0.05, 0) is 23.8 Å². The van der Waals surface area contributed by atoms with Crippen molar-refractivity contribution < 1.29 is 4.79 Å². The van der Waals surface area contributed by atoms with E-state index in [1.165, 1.54) is 0 Å². The Morgan fingerprint density at radius 1 is 1.25 bits per heavy atom. The molecule has 2 aromatic rings. The van der Waals surface area contributed by atoms with Crippen molar-refractivity contribution >= 4 is 6.29 Å². The van der Waals surface area contributed by atoms with Gasteiger partial charge in [0, 0.05) is 11.8 Å². The molecule has 0 unspecified atom stereocenters. The third-order valence-electron chi connectivity index (χ3n) is 2.11. The number of nitrogens with zero attached hydrogens (tertiary/aromatic N) is 1. The van der Waals surface area contributed by atoms with Crippen LogP contribution in [0.3, 0.4) is 0 Å². The SMILES string of the molecule is O=CCC#Cc1ccc(-c2ccn[nH]2)cc1. The van der Waals surface area contributed by atoms with Crippen LogP contribution in [0.2, 0.25) is 0 Å². The predicted molar refractivity (Wildman–Crippen MR) is 61.6 cm³/mol. The number of aromatic nitrogens is 2. The first kappa shape index (κ1) is 10.2. The van der Waals surface area contributed by atoms with Crippen molar-refractivity contribution in [1.82, 2.24) is 10.2 Å². The number of aldehydes is 1. The van der Waals surface area contributed by atoms with Crippen molar-refractivity contribution in [2.45, 2.75) is 6.42 Å². The van der Waals surface area contributed by atoms with E-state index >= 15 is 0 Å². The summed E-state index contributed by atoms with van der Waals surface area (Å²) in [4.78, 5) is 10.1. The Hall–Kier alpha value is -2.34. The predicted octanol–water partition coefficient (Wildman–Crippen LogP) is 2.02. The minimum absolute atomic E-state index is 0.280. The first-order valence-corrected chi connectivity index (χ1v) is 4.92. The second-order valence-corrected chi connectivity index (χ2v) is 3.22. The third-order valence-corrected chi connectivity index (χ3v) is 2.11. The van der Waals surface area contributed by atoms with Crippen molar-refractivity contribution in [3.05, 3.63) is 42.1 Å². The summed E-state index contributed by atoms with van der Waals surface area (Å²) in [6.45, 7) is 0. The molecule has 0 saturated carbocycles. The topological polar surface area (TPSA) is 45.8 Å².